The van der Waals surface area contributed by atoms with E-state index in [9.17, 15) is 16.8 Å². The van der Waals surface area contributed by atoms with Crippen molar-refractivity contribution in [3.8, 4) is 5.69 Å². The van der Waals surface area contributed by atoms with Crippen LogP contribution in [0.1, 0.15) is 0 Å². The first-order valence-electron chi connectivity index (χ1n) is 7.81. The van der Waals surface area contributed by atoms with E-state index in [1.807, 2.05) is 0 Å². The van der Waals surface area contributed by atoms with E-state index in [-0.39, 0.29) is 9.79 Å². The molecule has 150 valence electrons. The van der Waals surface area contributed by atoms with Crippen LogP contribution in [0.4, 0.5) is 0 Å². The molecule has 2 aromatic heterocycles. The first kappa shape index (κ1) is 19.9. The molecule has 4 aromatic rings. The Bertz CT molecular complexity index is 1430. The number of tetrazole rings is 1. The molecule has 29 heavy (non-hydrogen) atoms. The fourth-order valence-corrected chi connectivity index (χ4v) is 5.66. The van der Waals surface area contributed by atoms with Gasteiger partial charge in [-0.15, -0.1) is 16.4 Å². The minimum absolute atomic E-state index is 0.0172. The highest BCUT2D eigenvalue weighted by Gasteiger charge is 2.16. The lowest BCUT2D eigenvalue weighted by Crippen LogP contribution is -2.12. The zero-order valence-corrected chi connectivity index (χ0v) is 17.9. The number of nitrogens with zero attached hydrogens (tertiary/aromatic N) is 5. The summed E-state index contributed by atoms with van der Waals surface area (Å²) in [6.07, 6.45) is 1.15. The second-order valence-corrected chi connectivity index (χ2v) is 11.7. The smallest absolute Gasteiger partial charge is 0.229 e. The van der Waals surface area contributed by atoms with Crippen LogP contribution in [0, 0.1) is 0 Å². The summed E-state index contributed by atoms with van der Waals surface area (Å²) >= 11 is 2.52. The van der Waals surface area contributed by atoms with Crippen molar-refractivity contribution in [2.24, 2.45) is 5.14 Å². The monoisotopic (exact) mass is 468 g/mol. The van der Waals surface area contributed by atoms with Crippen molar-refractivity contribution in [3.63, 3.8) is 0 Å². The van der Waals surface area contributed by atoms with E-state index in [4.69, 9.17) is 5.14 Å². The summed E-state index contributed by atoms with van der Waals surface area (Å²) in [6.45, 7) is 0. The number of benzene rings is 2. The van der Waals surface area contributed by atoms with Crippen LogP contribution in [0.15, 0.2) is 61.8 Å². The molecule has 0 unspecified atom stereocenters. The maximum absolute atomic E-state index is 11.7. The van der Waals surface area contributed by atoms with Crippen molar-refractivity contribution in [1.82, 2.24) is 25.2 Å². The van der Waals surface area contributed by atoms with E-state index < -0.39 is 19.9 Å². The van der Waals surface area contributed by atoms with Gasteiger partial charge in [-0.05, 0) is 64.7 Å². The summed E-state index contributed by atoms with van der Waals surface area (Å²) in [5, 5.41) is 17.1. The Labute approximate surface area is 173 Å². The van der Waals surface area contributed by atoms with E-state index >= 15 is 0 Å². The number of primary sulfonamides is 1. The number of hydrogen-bond donors (Lipinski definition) is 1. The van der Waals surface area contributed by atoms with Crippen LogP contribution in [0.2, 0.25) is 0 Å². The van der Waals surface area contributed by atoms with E-state index in [0.717, 1.165) is 11.0 Å². The van der Waals surface area contributed by atoms with E-state index in [1.54, 1.807) is 12.1 Å². The molecule has 0 spiro atoms. The zero-order chi connectivity index (χ0) is 20.8. The Hall–Kier alpha value is -2.39. The molecule has 0 atom stereocenters. The summed E-state index contributed by atoms with van der Waals surface area (Å²) in [7, 11) is -7.10. The van der Waals surface area contributed by atoms with Gasteiger partial charge in [0.1, 0.15) is 0 Å². The Morgan fingerprint density at radius 3 is 2.38 bits per heavy atom. The van der Waals surface area contributed by atoms with Gasteiger partial charge < -0.3 is 0 Å². The van der Waals surface area contributed by atoms with Crippen molar-refractivity contribution < 1.29 is 16.8 Å². The van der Waals surface area contributed by atoms with Gasteiger partial charge in [-0.3, -0.25) is 0 Å². The van der Waals surface area contributed by atoms with Gasteiger partial charge in [0, 0.05) is 6.26 Å². The molecule has 0 aliphatic carbocycles. The molecule has 4 rings (SSSR count). The lowest BCUT2D eigenvalue weighted by atomic mass is 10.3. The number of rotatable bonds is 5. The summed E-state index contributed by atoms with van der Waals surface area (Å²) < 4.78 is 49.0. The third-order valence-electron chi connectivity index (χ3n) is 3.80. The number of sulfonamides is 1. The highest BCUT2D eigenvalue weighted by molar-refractivity contribution is 8.01. The number of aromatic nitrogens is 5. The SMILES string of the molecule is CS(=O)(=O)c1ccc2nc(Sc3nnnn3-c3ccc(S(N)(=O)=O)cc3)sc2c1. The molecular weight excluding hydrogens is 456 g/mol. The van der Waals surface area contributed by atoms with Gasteiger partial charge in [-0.25, -0.2) is 27.0 Å². The maximum atomic E-state index is 11.7. The van der Waals surface area contributed by atoms with Crippen LogP contribution in [0.3, 0.4) is 0 Å². The molecule has 0 radical (unpaired) electrons. The van der Waals surface area contributed by atoms with Gasteiger partial charge in [-0.1, -0.05) is 0 Å². The van der Waals surface area contributed by atoms with Crippen molar-refractivity contribution in [2.75, 3.05) is 6.26 Å². The van der Waals surface area contributed by atoms with E-state index in [1.165, 1.54) is 58.1 Å². The molecular formula is C15H12N6O4S4. The molecule has 0 saturated carbocycles. The highest BCUT2D eigenvalue weighted by Crippen LogP contribution is 2.34. The van der Waals surface area contributed by atoms with E-state index in [2.05, 4.69) is 20.5 Å². The Morgan fingerprint density at radius 2 is 1.72 bits per heavy atom. The molecule has 2 aromatic carbocycles. The molecule has 0 saturated heterocycles. The molecule has 14 heteroatoms. The van der Waals surface area contributed by atoms with Gasteiger partial charge in [0.05, 0.1) is 25.7 Å². The van der Waals surface area contributed by atoms with Gasteiger partial charge in [0.2, 0.25) is 15.2 Å². The standard InChI is InChI=1S/C15H12N6O4S4/c1-28(22,23)11-6-7-12-13(8-11)26-15(17-12)27-14-18-19-20-21(14)9-2-4-10(5-3-9)29(16,24)25/h2-8H,1H3,(H2,16,24,25). The van der Waals surface area contributed by atoms with Gasteiger partial charge in [0.25, 0.3) is 0 Å². The van der Waals surface area contributed by atoms with Crippen LogP contribution >= 0.6 is 23.1 Å². The van der Waals surface area contributed by atoms with Gasteiger partial charge in [-0.2, -0.15) is 4.68 Å². The quantitative estimate of drug-likeness (QED) is 0.459. The fourth-order valence-electron chi connectivity index (χ4n) is 2.42. The normalized spacial score (nSPS) is 12.5. The Balaban J connectivity index is 1.65. The van der Waals surface area contributed by atoms with Gasteiger partial charge in [0.15, 0.2) is 14.2 Å². The summed E-state index contributed by atoms with van der Waals surface area (Å²) in [4.78, 5) is 4.68. The number of fused-ring (bicyclic) bond motifs is 1. The minimum atomic E-state index is -3.79. The average molecular weight is 469 g/mol. The second kappa shape index (κ2) is 7.14. The average Bonchev–Trinajstić information content (AvgIpc) is 3.26. The minimum Gasteiger partial charge on any atom is -0.229 e. The molecule has 0 aliphatic rings. The predicted octanol–water partition coefficient (Wildman–Crippen LogP) is 1.47. The first-order chi connectivity index (χ1) is 13.6. The largest absolute Gasteiger partial charge is 0.238 e. The maximum Gasteiger partial charge on any atom is 0.238 e. The van der Waals surface area contributed by atoms with Crippen molar-refractivity contribution in [2.45, 2.75) is 19.3 Å². The second-order valence-electron chi connectivity index (χ2n) is 5.90. The Kier molecular flexibility index (Phi) is 4.90. The van der Waals surface area contributed by atoms with Crippen LogP contribution in [0.25, 0.3) is 15.9 Å². The summed E-state index contributed by atoms with van der Waals surface area (Å²) in [6, 6.07) is 10.6. The molecule has 0 fully saturated rings. The number of hydrogen-bond acceptors (Lipinski definition) is 10. The highest BCUT2D eigenvalue weighted by atomic mass is 32.2. The molecule has 0 amide bonds. The number of sulfone groups is 1. The predicted molar refractivity (Wildman–Crippen MR) is 107 cm³/mol. The number of nitrogens with two attached hydrogens (primary N) is 1. The Morgan fingerprint density at radius 1 is 1.03 bits per heavy atom. The van der Waals surface area contributed by atoms with Crippen molar-refractivity contribution in [3.05, 3.63) is 42.5 Å². The first-order valence-corrected chi connectivity index (χ1v) is 12.9. The van der Waals surface area contributed by atoms with Crippen LogP contribution < -0.4 is 5.14 Å². The lowest BCUT2D eigenvalue weighted by Gasteiger charge is -2.04. The van der Waals surface area contributed by atoms with Crippen LogP contribution in [-0.4, -0.2) is 48.3 Å². The third kappa shape index (κ3) is 4.16. The van der Waals surface area contributed by atoms with Crippen LogP contribution in [-0.2, 0) is 19.9 Å². The lowest BCUT2D eigenvalue weighted by molar-refractivity contribution is 0.597. The summed E-state index contributed by atoms with van der Waals surface area (Å²) in [5.74, 6) is 0. The van der Waals surface area contributed by atoms with Crippen molar-refractivity contribution in [1.29, 1.82) is 0 Å². The van der Waals surface area contributed by atoms with Gasteiger partial charge >= 0.3 is 0 Å². The topological polar surface area (TPSA) is 151 Å². The molecule has 0 bridgehead atoms. The van der Waals surface area contributed by atoms with Crippen molar-refractivity contribution >= 4 is 53.2 Å². The van der Waals surface area contributed by atoms with E-state index in [0.29, 0.717) is 20.7 Å². The fraction of sp³-hybridized carbons (Fsp3) is 0.0667. The number of thiazole rings is 1. The van der Waals surface area contributed by atoms with Crippen LogP contribution in [0.5, 0.6) is 0 Å². The third-order valence-corrected chi connectivity index (χ3v) is 7.85. The molecule has 10 nitrogen and oxygen atoms in total. The summed E-state index contributed by atoms with van der Waals surface area (Å²) in [5.41, 5.74) is 1.21. The molecule has 0 aliphatic heterocycles. The molecule has 2 heterocycles. The molecule has 2 N–H and O–H groups in total. The zero-order valence-electron chi connectivity index (χ0n) is 14.6.